The van der Waals surface area contributed by atoms with E-state index in [2.05, 4.69) is 10.3 Å². The van der Waals surface area contributed by atoms with Crippen molar-refractivity contribution in [2.24, 2.45) is 10.7 Å². The van der Waals surface area contributed by atoms with Crippen molar-refractivity contribution in [3.63, 3.8) is 0 Å². The summed E-state index contributed by atoms with van der Waals surface area (Å²) in [7, 11) is 1.92. The normalized spacial score (nSPS) is 18.8. The molecule has 68 valence electrons. The van der Waals surface area contributed by atoms with Crippen LogP contribution in [-0.2, 0) is 4.79 Å². The Morgan fingerprint density at radius 1 is 1.83 bits per heavy atom. The van der Waals surface area contributed by atoms with Gasteiger partial charge >= 0.3 is 0 Å². The fraction of sp³-hybridized carbons (Fsp3) is 0.714. The van der Waals surface area contributed by atoms with Crippen molar-refractivity contribution in [1.82, 2.24) is 10.2 Å². The van der Waals surface area contributed by atoms with Crippen LogP contribution in [0.25, 0.3) is 0 Å². The van der Waals surface area contributed by atoms with Gasteiger partial charge in [0.2, 0.25) is 5.91 Å². The van der Waals surface area contributed by atoms with Crippen LogP contribution in [0.15, 0.2) is 4.99 Å². The van der Waals surface area contributed by atoms with Gasteiger partial charge < -0.3 is 16.0 Å². The Kier molecular flexibility index (Phi) is 2.52. The van der Waals surface area contributed by atoms with Gasteiger partial charge in [-0.3, -0.25) is 9.79 Å². The van der Waals surface area contributed by atoms with E-state index in [4.69, 9.17) is 5.73 Å². The fourth-order valence-electron chi connectivity index (χ4n) is 0.953. The lowest BCUT2D eigenvalue weighted by atomic mass is 10.3. The summed E-state index contributed by atoms with van der Waals surface area (Å²) in [6, 6.07) is -0.357. The van der Waals surface area contributed by atoms with Crippen LogP contribution in [0.4, 0.5) is 0 Å². The van der Waals surface area contributed by atoms with Gasteiger partial charge in [0, 0.05) is 13.6 Å². The Labute approximate surface area is 71.6 Å². The highest BCUT2D eigenvalue weighted by Crippen LogP contribution is 1.95. The minimum atomic E-state index is -0.363. The van der Waals surface area contributed by atoms with Crippen molar-refractivity contribution in [2.75, 3.05) is 20.1 Å². The number of primary amides is 1. The summed E-state index contributed by atoms with van der Waals surface area (Å²) in [5.74, 6) is 0.388. The molecule has 0 aromatic rings. The second-order valence-electron chi connectivity index (χ2n) is 2.90. The zero-order chi connectivity index (χ0) is 9.14. The highest BCUT2D eigenvalue weighted by atomic mass is 16.1. The molecule has 3 N–H and O–H groups in total. The van der Waals surface area contributed by atoms with E-state index in [9.17, 15) is 4.79 Å². The number of aliphatic imine (C=N–C) groups is 1. The van der Waals surface area contributed by atoms with Gasteiger partial charge in [0.05, 0.1) is 6.54 Å². The first-order valence-corrected chi connectivity index (χ1v) is 3.92. The molecule has 0 spiro atoms. The molecule has 0 saturated heterocycles. The number of likely N-dealkylation sites (N-methyl/N-ethyl adjacent to an activating group) is 1. The molecule has 1 unspecified atom stereocenters. The zero-order valence-electron chi connectivity index (χ0n) is 7.37. The van der Waals surface area contributed by atoms with Gasteiger partial charge in [-0.2, -0.15) is 0 Å². The highest BCUT2D eigenvalue weighted by molar-refractivity contribution is 5.88. The zero-order valence-corrected chi connectivity index (χ0v) is 7.37. The Balaban J connectivity index is 2.45. The molecule has 0 aliphatic carbocycles. The third-order valence-electron chi connectivity index (χ3n) is 1.83. The van der Waals surface area contributed by atoms with Crippen molar-refractivity contribution in [2.45, 2.75) is 13.0 Å². The van der Waals surface area contributed by atoms with Crippen molar-refractivity contribution < 1.29 is 4.79 Å². The quantitative estimate of drug-likeness (QED) is 0.544. The van der Waals surface area contributed by atoms with E-state index in [1.54, 1.807) is 6.92 Å². The number of nitrogens with two attached hydrogens (primary N) is 1. The Morgan fingerprint density at radius 3 is 2.92 bits per heavy atom. The Bertz CT molecular complexity index is 213. The maximum Gasteiger partial charge on any atom is 0.239 e. The summed E-state index contributed by atoms with van der Waals surface area (Å²) >= 11 is 0. The molecule has 0 bridgehead atoms. The summed E-state index contributed by atoms with van der Waals surface area (Å²) in [4.78, 5) is 16.8. The van der Waals surface area contributed by atoms with Gasteiger partial charge in [-0.05, 0) is 6.92 Å². The second-order valence-corrected chi connectivity index (χ2v) is 2.90. The van der Waals surface area contributed by atoms with Crippen molar-refractivity contribution >= 4 is 11.9 Å². The summed E-state index contributed by atoms with van der Waals surface area (Å²) in [6.07, 6.45) is 0. The van der Waals surface area contributed by atoms with E-state index in [0.717, 1.165) is 19.0 Å². The standard InChI is InChI=1S/C7H14N4O/c1-5(6(8)12)10-7-9-3-4-11(7)2/h5H,3-4H2,1-2H3,(H2,8,12)(H,9,10). The maximum atomic E-state index is 10.7. The molecule has 1 aliphatic rings. The predicted octanol–water partition coefficient (Wildman–Crippen LogP) is -1.25. The van der Waals surface area contributed by atoms with E-state index in [1.807, 2.05) is 11.9 Å². The van der Waals surface area contributed by atoms with Gasteiger partial charge in [-0.15, -0.1) is 0 Å². The Morgan fingerprint density at radius 2 is 2.50 bits per heavy atom. The number of hydrogen-bond acceptors (Lipinski definition) is 4. The van der Waals surface area contributed by atoms with Crippen LogP contribution in [0, 0.1) is 0 Å². The summed E-state index contributed by atoms with van der Waals surface area (Å²) in [5.41, 5.74) is 5.08. The topological polar surface area (TPSA) is 70.7 Å². The largest absolute Gasteiger partial charge is 0.368 e. The minimum Gasteiger partial charge on any atom is -0.368 e. The van der Waals surface area contributed by atoms with Crippen molar-refractivity contribution in [3.05, 3.63) is 0 Å². The summed E-state index contributed by atoms with van der Waals surface area (Å²) < 4.78 is 0. The average molecular weight is 170 g/mol. The van der Waals surface area contributed by atoms with Crippen LogP contribution in [0.1, 0.15) is 6.92 Å². The monoisotopic (exact) mass is 170 g/mol. The molecular formula is C7H14N4O. The van der Waals surface area contributed by atoms with Crippen molar-refractivity contribution in [3.8, 4) is 0 Å². The number of carbonyl (C=O) groups excluding carboxylic acids is 1. The first-order chi connectivity index (χ1) is 5.61. The van der Waals surface area contributed by atoms with Crippen LogP contribution in [0.2, 0.25) is 0 Å². The SMILES string of the molecule is CC(NC1=NCCN1C)C(N)=O. The minimum absolute atomic E-state index is 0.357. The van der Waals surface area contributed by atoms with Gasteiger partial charge in [0.1, 0.15) is 6.04 Å². The van der Waals surface area contributed by atoms with E-state index in [-0.39, 0.29) is 11.9 Å². The first-order valence-electron chi connectivity index (χ1n) is 3.92. The van der Waals surface area contributed by atoms with Gasteiger partial charge in [0.15, 0.2) is 5.96 Å². The molecule has 1 rings (SSSR count). The van der Waals surface area contributed by atoms with Crippen LogP contribution in [-0.4, -0.2) is 42.9 Å². The molecule has 0 fully saturated rings. The lowest BCUT2D eigenvalue weighted by Crippen LogP contribution is -2.46. The fourth-order valence-corrected chi connectivity index (χ4v) is 0.953. The number of amides is 1. The molecule has 12 heavy (non-hydrogen) atoms. The highest BCUT2D eigenvalue weighted by Gasteiger charge is 2.16. The van der Waals surface area contributed by atoms with Gasteiger partial charge in [-0.25, -0.2) is 0 Å². The number of hydrogen-bond donors (Lipinski definition) is 2. The van der Waals surface area contributed by atoms with Crippen LogP contribution in [0.3, 0.4) is 0 Å². The average Bonchev–Trinajstić information content (AvgIpc) is 2.36. The summed E-state index contributed by atoms with van der Waals surface area (Å²) in [6.45, 7) is 3.40. The maximum absolute atomic E-state index is 10.7. The van der Waals surface area contributed by atoms with E-state index >= 15 is 0 Å². The molecule has 0 radical (unpaired) electrons. The molecule has 5 nitrogen and oxygen atoms in total. The van der Waals surface area contributed by atoms with E-state index < -0.39 is 0 Å². The molecule has 1 aliphatic heterocycles. The molecule has 0 aromatic heterocycles. The number of carbonyl (C=O) groups is 1. The second kappa shape index (κ2) is 3.42. The first kappa shape index (κ1) is 8.83. The lowest BCUT2D eigenvalue weighted by Gasteiger charge is -2.17. The third kappa shape index (κ3) is 1.87. The van der Waals surface area contributed by atoms with Crippen LogP contribution in [0.5, 0.6) is 0 Å². The number of rotatable bonds is 2. The van der Waals surface area contributed by atoms with Gasteiger partial charge in [0.25, 0.3) is 0 Å². The van der Waals surface area contributed by atoms with Crippen LogP contribution >= 0.6 is 0 Å². The van der Waals surface area contributed by atoms with Crippen molar-refractivity contribution in [1.29, 1.82) is 0 Å². The lowest BCUT2D eigenvalue weighted by molar-refractivity contribution is -0.119. The molecule has 0 saturated carbocycles. The van der Waals surface area contributed by atoms with E-state index in [0.29, 0.717) is 0 Å². The number of guanidine groups is 1. The molecule has 1 atom stereocenters. The number of nitrogens with one attached hydrogen (secondary N) is 1. The molecular weight excluding hydrogens is 156 g/mol. The Hall–Kier alpha value is -1.26. The molecule has 1 heterocycles. The van der Waals surface area contributed by atoms with E-state index in [1.165, 1.54) is 0 Å². The summed E-state index contributed by atoms with van der Waals surface area (Å²) in [5, 5.41) is 2.93. The van der Waals surface area contributed by atoms with Crippen LogP contribution < -0.4 is 11.1 Å². The smallest absolute Gasteiger partial charge is 0.239 e. The molecule has 5 heteroatoms. The molecule has 1 amide bonds. The molecule has 0 aromatic carbocycles. The predicted molar refractivity (Wildman–Crippen MR) is 46.7 cm³/mol. The van der Waals surface area contributed by atoms with Gasteiger partial charge in [-0.1, -0.05) is 0 Å². The number of nitrogens with zero attached hydrogens (tertiary/aromatic N) is 2. The third-order valence-corrected chi connectivity index (χ3v) is 1.83.